The van der Waals surface area contributed by atoms with Crippen LogP contribution < -0.4 is 5.32 Å². The molecule has 0 atom stereocenters. The van der Waals surface area contributed by atoms with Crippen LogP contribution in [0.5, 0.6) is 0 Å². The van der Waals surface area contributed by atoms with E-state index in [0.717, 1.165) is 26.9 Å². The molecule has 0 saturated heterocycles. The molecule has 1 heterocycles. The average molecular weight is 433 g/mol. The summed E-state index contributed by atoms with van der Waals surface area (Å²) in [5.74, 6) is 0.915. The van der Waals surface area contributed by atoms with Crippen molar-refractivity contribution in [2.75, 3.05) is 6.54 Å². The topological polar surface area (TPSA) is 46.9 Å². The number of hydrogen-bond acceptors (Lipinski definition) is 2. The maximum Gasteiger partial charge on any atom is 0.224 e. The van der Waals surface area contributed by atoms with Crippen molar-refractivity contribution in [3.05, 3.63) is 76.0 Å². The van der Waals surface area contributed by atoms with Crippen LogP contribution in [-0.4, -0.2) is 22.0 Å². The van der Waals surface area contributed by atoms with Gasteiger partial charge in [-0.15, -0.1) is 0 Å². The molecule has 1 aromatic heterocycles. The van der Waals surface area contributed by atoms with Gasteiger partial charge in [0.1, 0.15) is 5.82 Å². The Hall–Kier alpha value is -2.11. The number of nitrogens with one attached hydrogen (secondary N) is 1. The number of para-hydroxylation sites is 2. The Bertz CT molecular complexity index is 934. The number of fused-ring (bicyclic) bond motifs is 1. The Kier molecular flexibility index (Phi) is 6.12. The third kappa shape index (κ3) is 4.74. The first kappa shape index (κ1) is 18.7. The van der Waals surface area contributed by atoms with E-state index in [1.165, 1.54) is 0 Å². The number of carbonyl (C=O) groups excluding carboxylic acids is 1. The molecule has 3 aromatic rings. The summed E-state index contributed by atoms with van der Waals surface area (Å²) in [5, 5.41) is 3.63. The molecule has 2 aromatic carbocycles. The number of nitrogens with zero attached hydrogens (tertiary/aromatic N) is 2. The van der Waals surface area contributed by atoms with Crippen LogP contribution in [0.4, 0.5) is 0 Å². The lowest BCUT2D eigenvalue weighted by Gasteiger charge is -2.09. The van der Waals surface area contributed by atoms with E-state index in [1.54, 1.807) is 12.1 Å². The summed E-state index contributed by atoms with van der Waals surface area (Å²) in [7, 11) is 0. The minimum atomic E-state index is -0.0140. The van der Waals surface area contributed by atoms with Crippen LogP contribution in [-0.2, 0) is 24.2 Å². The van der Waals surface area contributed by atoms with Crippen molar-refractivity contribution >= 4 is 44.5 Å². The quantitative estimate of drug-likeness (QED) is 0.597. The van der Waals surface area contributed by atoms with Gasteiger partial charge in [0, 0.05) is 22.5 Å². The number of aromatic nitrogens is 2. The van der Waals surface area contributed by atoms with Crippen molar-refractivity contribution in [1.82, 2.24) is 14.9 Å². The molecule has 3 rings (SSSR count). The van der Waals surface area contributed by atoms with Crippen LogP contribution in [0.1, 0.15) is 11.4 Å². The van der Waals surface area contributed by atoms with E-state index in [1.807, 2.05) is 36.4 Å². The predicted molar refractivity (Wildman–Crippen MR) is 110 cm³/mol. The van der Waals surface area contributed by atoms with E-state index in [2.05, 4.69) is 32.4 Å². The molecular formula is C20H19BrClN3O. The van der Waals surface area contributed by atoms with Crippen LogP contribution in [0.2, 0.25) is 5.02 Å². The number of rotatable bonds is 7. The fourth-order valence-electron chi connectivity index (χ4n) is 2.83. The van der Waals surface area contributed by atoms with Crippen molar-refractivity contribution in [2.24, 2.45) is 0 Å². The SMILES string of the molecule is C=C(Br)Cn1c(CCNC(=O)Cc2ccc(Cl)cc2)nc2ccccc21. The van der Waals surface area contributed by atoms with Gasteiger partial charge in [-0.05, 0) is 29.8 Å². The van der Waals surface area contributed by atoms with Crippen LogP contribution >= 0.6 is 27.5 Å². The van der Waals surface area contributed by atoms with Gasteiger partial charge in [0.15, 0.2) is 0 Å². The second-order valence-corrected chi connectivity index (χ2v) is 7.58. The summed E-state index contributed by atoms with van der Waals surface area (Å²) in [6, 6.07) is 15.3. The maximum absolute atomic E-state index is 12.1. The van der Waals surface area contributed by atoms with Gasteiger partial charge >= 0.3 is 0 Å². The molecule has 0 spiro atoms. The number of amides is 1. The van der Waals surface area contributed by atoms with Gasteiger partial charge in [0.25, 0.3) is 0 Å². The van der Waals surface area contributed by atoms with E-state index in [-0.39, 0.29) is 5.91 Å². The normalized spacial score (nSPS) is 10.8. The number of carbonyl (C=O) groups is 1. The molecule has 0 unspecified atom stereocenters. The van der Waals surface area contributed by atoms with Gasteiger partial charge in [0.05, 0.1) is 24.0 Å². The molecule has 0 aliphatic carbocycles. The highest BCUT2D eigenvalue weighted by atomic mass is 79.9. The summed E-state index contributed by atoms with van der Waals surface area (Å²) in [4.78, 5) is 16.8. The lowest BCUT2D eigenvalue weighted by molar-refractivity contribution is -0.120. The third-order valence-electron chi connectivity index (χ3n) is 4.01. The molecule has 0 aliphatic heterocycles. The third-order valence-corrected chi connectivity index (χ3v) is 4.51. The number of halogens is 2. The van der Waals surface area contributed by atoms with Crippen LogP contribution in [0.25, 0.3) is 11.0 Å². The maximum atomic E-state index is 12.1. The summed E-state index contributed by atoms with van der Waals surface area (Å²) in [5.41, 5.74) is 2.95. The van der Waals surface area contributed by atoms with E-state index < -0.39 is 0 Å². The van der Waals surface area contributed by atoms with Crippen molar-refractivity contribution in [1.29, 1.82) is 0 Å². The molecule has 1 N–H and O–H groups in total. The Morgan fingerprint density at radius 2 is 1.92 bits per heavy atom. The average Bonchev–Trinajstić information content (AvgIpc) is 2.94. The fraction of sp³-hybridized carbons (Fsp3) is 0.200. The smallest absolute Gasteiger partial charge is 0.224 e. The minimum Gasteiger partial charge on any atom is -0.355 e. The van der Waals surface area contributed by atoms with Gasteiger partial charge in [0.2, 0.25) is 5.91 Å². The summed E-state index contributed by atoms with van der Waals surface area (Å²) in [6.45, 7) is 5.11. The largest absolute Gasteiger partial charge is 0.355 e. The molecular weight excluding hydrogens is 414 g/mol. The molecule has 0 fully saturated rings. The van der Waals surface area contributed by atoms with Crippen LogP contribution in [0.3, 0.4) is 0 Å². The molecule has 26 heavy (non-hydrogen) atoms. The molecule has 0 saturated carbocycles. The minimum absolute atomic E-state index is 0.0140. The highest BCUT2D eigenvalue weighted by molar-refractivity contribution is 9.11. The standard InChI is InChI=1S/C20H19BrClN3O/c1-14(21)13-25-18-5-3-2-4-17(18)24-19(25)10-11-23-20(26)12-15-6-8-16(22)9-7-15/h2-9H,1,10-13H2,(H,23,26). The monoisotopic (exact) mass is 431 g/mol. The first-order valence-corrected chi connectivity index (χ1v) is 9.48. The van der Waals surface area contributed by atoms with Crippen molar-refractivity contribution < 1.29 is 4.79 Å². The van der Waals surface area contributed by atoms with Gasteiger partial charge in [-0.3, -0.25) is 4.79 Å². The molecule has 4 nitrogen and oxygen atoms in total. The molecule has 6 heteroatoms. The van der Waals surface area contributed by atoms with Crippen molar-refractivity contribution in [3.63, 3.8) is 0 Å². The zero-order chi connectivity index (χ0) is 18.5. The zero-order valence-electron chi connectivity index (χ0n) is 14.2. The number of imidazole rings is 1. The van der Waals surface area contributed by atoms with Crippen molar-refractivity contribution in [3.8, 4) is 0 Å². The molecule has 0 aliphatic rings. The summed E-state index contributed by atoms with van der Waals surface area (Å²) >= 11 is 9.29. The van der Waals surface area contributed by atoms with Gasteiger partial charge in [-0.25, -0.2) is 4.98 Å². The van der Waals surface area contributed by atoms with E-state index in [0.29, 0.717) is 31.0 Å². The van der Waals surface area contributed by atoms with Crippen LogP contribution in [0, 0.1) is 0 Å². The van der Waals surface area contributed by atoms with Crippen molar-refractivity contribution in [2.45, 2.75) is 19.4 Å². The highest BCUT2D eigenvalue weighted by Gasteiger charge is 2.11. The van der Waals surface area contributed by atoms with Gasteiger partial charge < -0.3 is 9.88 Å². The molecule has 1 amide bonds. The fourth-order valence-corrected chi connectivity index (χ4v) is 3.20. The Morgan fingerprint density at radius 3 is 2.65 bits per heavy atom. The summed E-state index contributed by atoms with van der Waals surface area (Å²) < 4.78 is 3.01. The first-order valence-electron chi connectivity index (χ1n) is 8.31. The predicted octanol–water partition coefficient (Wildman–Crippen LogP) is 4.50. The molecule has 134 valence electrons. The molecule has 0 bridgehead atoms. The highest BCUT2D eigenvalue weighted by Crippen LogP contribution is 2.19. The molecule has 0 radical (unpaired) electrons. The van der Waals surface area contributed by atoms with E-state index >= 15 is 0 Å². The number of hydrogen-bond donors (Lipinski definition) is 1. The van der Waals surface area contributed by atoms with Gasteiger partial charge in [-0.1, -0.05) is 58.4 Å². The van der Waals surface area contributed by atoms with E-state index in [4.69, 9.17) is 16.6 Å². The number of allylic oxidation sites excluding steroid dienone is 1. The lowest BCUT2D eigenvalue weighted by Crippen LogP contribution is -2.28. The van der Waals surface area contributed by atoms with E-state index in [9.17, 15) is 4.79 Å². The Labute approximate surface area is 166 Å². The second-order valence-electron chi connectivity index (χ2n) is 6.02. The first-order chi connectivity index (χ1) is 12.5. The van der Waals surface area contributed by atoms with Gasteiger partial charge in [-0.2, -0.15) is 0 Å². The van der Waals surface area contributed by atoms with Crippen LogP contribution in [0.15, 0.2) is 59.6 Å². The lowest BCUT2D eigenvalue weighted by atomic mass is 10.1. The Morgan fingerprint density at radius 1 is 1.19 bits per heavy atom. The zero-order valence-corrected chi connectivity index (χ0v) is 16.6. The summed E-state index contributed by atoms with van der Waals surface area (Å²) in [6.07, 6.45) is 0.993. The Balaban J connectivity index is 1.63. The number of benzene rings is 2. The second kappa shape index (κ2) is 8.52.